The number of anilines is 2. The van der Waals surface area contributed by atoms with E-state index in [1.165, 1.54) is 23.9 Å². The molecule has 8 heteroatoms. The Kier molecular flexibility index (Phi) is 6.51. The maximum Gasteiger partial charge on any atom is 0.232 e. The lowest BCUT2D eigenvalue weighted by Gasteiger charge is -2.08. The van der Waals surface area contributed by atoms with E-state index in [1.54, 1.807) is 37.3 Å². The summed E-state index contributed by atoms with van der Waals surface area (Å²) in [6.07, 6.45) is 1.71. The highest BCUT2D eigenvalue weighted by Gasteiger charge is 2.17. The number of carbonyl (C=O) groups excluding carboxylic acids is 1. The van der Waals surface area contributed by atoms with Crippen LogP contribution in [0.2, 0.25) is 0 Å². The molecular weight excluding hydrogens is 425 g/mol. The minimum Gasteiger partial charge on any atom is -0.348 e. The first kappa shape index (κ1) is 21.6. The maximum absolute atomic E-state index is 13.5. The van der Waals surface area contributed by atoms with Gasteiger partial charge < -0.3 is 15.2 Å². The van der Waals surface area contributed by atoms with Crippen molar-refractivity contribution >= 4 is 29.2 Å². The normalized spacial score (nSPS) is 10.7. The Labute approximate surface area is 189 Å². The number of hydrogen-bond acceptors (Lipinski definition) is 5. The van der Waals surface area contributed by atoms with Crippen LogP contribution in [0.25, 0.3) is 22.5 Å². The van der Waals surface area contributed by atoms with Gasteiger partial charge >= 0.3 is 0 Å². The number of imidazole rings is 1. The average Bonchev–Trinajstić information content (AvgIpc) is 3.23. The second-order valence-electron chi connectivity index (χ2n) is 7.27. The average molecular weight is 448 g/mol. The summed E-state index contributed by atoms with van der Waals surface area (Å²) in [6.45, 7) is 0. The largest absolute Gasteiger partial charge is 0.348 e. The molecule has 4 aromatic rings. The van der Waals surface area contributed by atoms with Crippen molar-refractivity contribution in [3.8, 4) is 22.5 Å². The highest BCUT2D eigenvalue weighted by molar-refractivity contribution is 7.99. The van der Waals surface area contributed by atoms with Crippen LogP contribution in [0.5, 0.6) is 0 Å². The topological polar surface area (TPSA) is 73.9 Å². The molecule has 0 unspecified atom stereocenters. The number of nitrogens with one attached hydrogen (secondary N) is 2. The Bertz CT molecular complexity index is 1210. The zero-order valence-corrected chi connectivity index (χ0v) is 18.5. The number of para-hydroxylation sites is 1. The van der Waals surface area contributed by atoms with Gasteiger partial charge in [0.25, 0.3) is 0 Å². The third kappa shape index (κ3) is 5.15. The van der Waals surface area contributed by atoms with Crippen LogP contribution in [0.1, 0.15) is 0 Å². The summed E-state index contributed by atoms with van der Waals surface area (Å²) in [4.78, 5) is 26.0. The molecule has 2 N–H and O–H groups in total. The molecular formula is C24H22FN5OS. The van der Waals surface area contributed by atoms with Gasteiger partial charge in [-0.15, -0.1) is 0 Å². The fourth-order valence-corrected chi connectivity index (χ4v) is 3.88. The number of nitrogens with zero attached hydrogens (tertiary/aromatic N) is 3. The molecule has 2 aromatic carbocycles. The van der Waals surface area contributed by atoms with Gasteiger partial charge in [-0.3, -0.25) is 4.79 Å². The first-order chi connectivity index (χ1) is 15.5. The third-order valence-corrected chi connectivity index (χ3v) is 5.58. The summed E-state index contributed by atoms with van der Waals surface area (Å²) in [5.41, 5.74) is 4.03. The number of rotatable bonds is 7. The van der Waals surface area contributed by atoms with Crippen LogP contribution in [-0.2, 0) is 4.79 Å². The van der Waals surface area contributed by atoms with Gasteiger partial charge in [0.2, 0.25) is 5.91 Å². The number of carbonyl (C=O) groups is 1. The predicted molar refractivity (Wildman–Crippen MR) is 126 cm³/mol. The molecule has 0 spiro atoms. The number of thioether (sulfide) groups is 1. The summed E-state index contributed by atoms with van der Waals surface area (Å²) < 4.78 is 13.5. The first-order valence-corrected chi connectivity index (χ1v) is 11.0. The molecule has 0 fully saturated rings. The number of benzene rings is 2. The summed E-state index contributed by atoms with van der Waals surface area (Å²) in [7, 11) is 3.44. The van der Waals surface area contributed by atoms with Gasteiger partial charge in [0.1, 0.15) is 11.6 Å². The van der Waals surface area contributed by atoms with Gasteiger partial charge in [-0.1, -0.05) is 30.0 Å². The second kappa shape index (κ2) is 9.65. The third-order valence-electron chi connectivity index (χ3n) is 4.73. The monoisotopic (exact) mass is 447 g/mol. The van der Waals surface area contributed by atoms with Crippen molar-refractivity contribution in [2.45, 2.75) is 5.16 Å². The fourth-order valence-electron chi connectivity index (χ4n) is 3.03. The van der Waals surface area contributed by atoms with Crippen molar-refractivity contribution in [3.05, 3.63) is 78.7 Å². The highest BCUT2D eigenvalue weighted by atomic mass is 32.2. The van der Waals surface area contributed by atoms with Crippen LogP contribution >= 0.6 is 11.8 Å². The molecule has 32 heavy (non-hydrogen) atoms. The number of hydrogen-bond donors (Lipinski definition) is 2. The number of aromatic amines is 1. The van der Waals surface area contributed by atoms with Crippen LogP contribution in [0.15, 0.2) is 78.1 Å². The lowest BCUT2D eigenvalue weighted by Crippen LogP contribution is -2.23. The Morgan fingerprint density at radius 2 is 1.81 bits per heavy atom. The molecule has 4 rings (SSSR count). The van der Waals surface area contributed by atoms with E-state index in [0.29, 0.717) is 16.7 Å². The minimum atomic E-state index is -0.306. The van der Waals surface area contributed by atoms with E-state index in [1.807, 2.05) is 42.5 Å². The number of halogens is 1. The molecule has 0 saturated carbocycles. The van der Waals surface area contributed by atoms with Gasteiger partial charge in [0, 0.05) is 37.1 Å². The molecule has 0 bridgehead atoms. The van der Waals surface area contributed by atoms with Crippen molar-refractivity contribution in [3.63, 3.8) is 0 Å². The van der Waals surface area contributed by atoms with Crippen molar-refractivity contribution in [1.29, 1.82) is 0 Å². The molecule has 1 amide bonds. The Balaban J connectivity index is 1.69. The SMILES string of the molecule is CN(C)C(=O)CSc1nc(-c2ccnc(Nc3ccccc3)c2)c(-c2ccc(F)cc2)[nH]1. The van der Waals surface area contributed by atoms with Gasteiger partial charge in [0.15, 0.2) is 5.16 Å². The number of H-pyrrole nitrogens is 1. The molecule has 0 radical (unpaired) electrons. The van der Waals surface area contributed by atoms with Crippen LogP contribution < -0.4 is 5.32 Å². The summed E-state index contributed by atoms with van der Waals surface area (Å²) >= 11 is 1.33. The zero-order valence-electron chi connectivity index (χ0n) is 17.7. The molecule has 0 atom stereocenters. The minimum absolute atomic E-state index is 0.00505. The van der Waals surface area contributed by atoms with E-state index in [2.05, 4.69) is 15.3 Å². The summed E-state index contributed by atoms with van der Waals surface area (Å²) in [5.74, 6) is 0.632. The smallest absolute Gasteiger partial charge is 0.232 e. The molecule has 2 heterocycles. The van der Waals surface area contributed by atoms with Gasteiger partial charge in [-0.25, -0.2) is 14.4 Å². The molecule has 0 aliphatic carbocycles. The van der Waals surface area contributed by atoms with Crippen molar-refractivity contribution < 1.29 is 9.18 Å². The van der Waals surface area contributed by atoms with Crippen LogP contribution in [0, 0.1) is 5.82 Å². The van der Waals surface area contributed by atoms with Gasteiger partial charge in [-0.05, 0) is 48.5 Å². The highest BCUT2D eigenvalue weighted by Crippen LogP contribution is 2.34. The van der Waals surface area contributed by atoms with Gasteiger partial charge in [-0.2, -0.15) is 0 Å². The van der Waals surface area contributed by atoms with Crippen molar-refractivity contribution in [2.24, 2.45) is 0 Å². The van der Waals surface area contributed by atoms with E-state index in [-0.39, 0.29) is 17.5 Å². The molecule has 162 valence electrons. The number of pyridine rings is 1. The standard InChI is InChI=1S/C24H22FN5OS/c1-30(2)21(31)15-32-24-28-22(16-8-10-18(25)11-9-16)23(29-24)17-12-13-26-20(14-17)27-19-6-4-3-5-7-19/h3-14H,15H2,1-2H3,(H,26,27)(H,28,29). The van der Waals surface area contributed by atoms with Crippen molar-refractivity contribution in [1.82, 2.24) is 19.9 Å². The fraction of sp³-hybridized carbons (Fsp3) is 0.125. The Morgan fingerprint density at radius 3 is 2.53 bits per heavy atom. The maximum atomic E-state index is 13.5. The van der Waals surface area contributed by atoms with Crippen molar-refractivity contribution in [2.75, 3.05) is 25.2 Å². The zero-order chi connectivity index (χ0) is 22.5. The quantitative estimate of drug-likeness (QED) is 0.381. The second-order valence-corrected chi connectivity index (χ2v) is 8.23. The molecule has 6 nitrogen and oxygen atoms in total. The number of aromatic nitrogens is 3. The lowest BCUT2D eigenvalue weighted by atomic mass is 10.1. The summed E-state index contributed by atoms with van der Waals surface area (Å²) in [6, 6.07) is 19.8. The Hall–Kier alpha value is -3.65. The van der Waals surface area contributed by atoms with E-state index >= 15 is 0 Å². The van der Waals surface area contributed by atoms with Crippen LogP contribution in [-0.4, -0.2) is 45.6 Å². The first-order valence-electron chi connectivity index (χ1n) is 9.97. The molecule has 0 saturated heterocycles. The van der Waals surface area contributed by atoms with Crippen LogP contribution in [0.4, 0.5) is 15.9 Å². The van der Waals surface area contributed by atoms with Crippen LogP contribution in [0.3, 0.4) is 0 Å². The molecule has 0 aliphatic rings. The Morgan fingerprint density at radius 1 is 1.06 bits per heavy atom. The van der Waals surface area contributed by atoms with E-state index in [9.17, 15) is 9.18 Å². The van der Waals surface area contributed by atoms with E-state index in [4.69, 9.17) is 4.98 Å². The molecule has 2 aromatic heterocycles. The predicted octanol–water partition coefficient (Wildman–Crippen LogP) is 5.20. The molecule has 0 aliphatic heterocycles. The van der Waals surface area contributed by atoms with Gasteiger partial charge in [0.05, 0.1) is 17.1 Å². The van der Waals surface area contributed by atoms with E-state index < -0.39 is 0 Å². The number of amides is 1. The van der Waals surface area contributed by atoms with E-state index in [0.717, 1.165) is 22.5 Å². The summed E-state index contributed by atoms with van der Waals surface area (Å²) in [5, 5.41) is 3.90. The lowest BCUT2D eigenvalue weighted by molar-refractivity contribution is -0.125.